The zero-order valence-corrected chi connectivity index (χ0v) is 15.5. The van der Waals surface area contributed by atoms with E-state index >= 15 is 0 Å². The summed E-state index contributed by atoms with van der Waals surface area (Å²) in [6.45, 7) is 6.72. The molecule has 1 aliphatic rings. The summed E-state index contributed by atoms with van der Waals surface area (Å²) in [6.07, 6.45) is 6.54. The number of ether oxygens (including phenoxy) is 2. The van der Waals surface area contributed by atoms with Gasteiger partial charge in [-0.25, -0.2) is 0 Å². The summed E-state index contributed by atoms with van der Waals surface area (Å²) in [4.78, 5) is 0. The first kappa shape index (κ1) is 17.8. The van der Waals surface area contributed by atoms with Gasteiger partial charge in [-0.1, -0.05) is 13.0 Å². The molecule has 0 spiro atoms. The number of aryl methyl sites for hydroxylation is 1. The van der Waals surface area contributed by atoms with Crippen LogP contribution in [0.2, 0.25) is 0 Å². The summed E-state index contributed by atoms with van der Waals surface area (Å²) < 4.78 is 13.3. The Hall–Kier alpha value is -2.01. The quantitative estimate of drug-likeness (QED) is 0.790. The molecule has 1 aliphatic carbocycles. The molecule has 0 saturated carbocycles. The Morgan fingerprint density at radius 1 is 1.28 bits per heavy atom. The minimum Gasteiger partial charge on any atom is -0.493 e. The fraction of sp³-hybridized carbons (Fsp3) is 0.550. The van der Waals surface area contributed by atoms with Gasteiger partial charge in [0.2, 0.25) is 0 Å². The molecular weight excluding hydrogens is 314 g/mol. The average molecular weight is 343 g/mol. The fourth-order valence-corrected chi connectivity index (χ4v) is 3.50. The van der Waals surface area contributed by atoms with E-state index in [1.54, 1.807) is 7.11 Å². The van der Waals surface area contributed by atoms with Crippen LogP contribution in [0.25, 0.3) is 0 Å². The molecule has 5 nitrogen and oxygen atoms in total. The molecule has 5 heteroatoms. The predicted molar refractivity (Wildman–Crippen MR) is 99.2 cm³/mol. The van der Waals surface area contributed by atoms with E-state index in [0.29, 0.717) is 12.6 Å². The zero-order valence-electron chi connectivity index (χ0n) is 15.5. The first-order valence-electron chi connectivity index (χ1n) is 9.34. The minimum atomic E-state index is 0.381. The van der Waals surface area contributed by atoms with E-state index in [1.807, 2.05) is 12.3 Å². The number of fused-ring (bicyclic) bond motifs is 1. The minimum absolute atomic E-state index is 0.381. The van der Waals surface area contributed by atoms with Gasteiger partial charge in [-0.3, -0.25) is 4.68 Å². The van der Waals surface area contributed by atoms with Gasteiger partial charge in [0.05, 0.1) is 19.9 Å². The lowest BCUT2D eigenvalue weighted by Gasteiger charge is -2.24. The smallest absolute Gasteiger partial charge is 0.161 e. The second-order valence-electron chi connectivity index (χ2n) is 6.52. The van der Waals surface area contributed by atoms with E-state index in [4.69, 9.17) is 9.47 Å². The molecular formula is C20H29N3O2. The number of hydrogen-bond donors (Lipinski definition) is 1. The van der Waals surface area contributed by atoms with Crippen molar-refractivity contribution in [1.29, 1.82) is 0 Å². The van der Waals surface area contributed by atoms with E-state index in [1.165, 1.54) is 23.2 Å². The van der Waals surface area contributed by atoms with Gasteiger partial charge < -0.3 is 14.8 Å². The third-order valence-electron chi connectivity index (χ3n) is 4.80. The highest BCUT2D eigenvalue weighted by Gasteiger charge is 2.23. The van der Waals surface area contributed by atoms with Crippen LogP contribution in [-0.4, -0.2) is 23.5 Å². The molecule has 0 saturated heterocycles. The van der Waals surface area contributed by atoms with Crippen molar-refractivity contribution in [2.75, 3.05) is 13.7 Å². The van der Waals surface area contributed by atoms with Crippen molar-refractivity contribution in [1.82, 2.24) is 15.1 Å². The molecule has 25 heavy (non-hydrogen) atoms. The molecule has 0 radical (unpaired) electrons. The van der Waals surface area contributed by atoms with Crippen LogP contribution in [0.4, 0.5) is 0 Å². The van der Waals surface area contributed by atoms with Crippen LogP contribution in [0.15, 0.2) is 24.4 Å². The van der Waals surface area contributed by atoms with Crippen molar-refractivity contribution < 1.29 is 9.47 Å². The van der Waals surface area contributed by atoms with Crippen molar-refractivity contribution in [3.63, 3.8) is 0 Å². The number of benzene rings is 1. The van der Waals surface area contributed by atoms with E-state index in [9.17, 15) is 0 Å². The normalized spacial score (nSPS) is 16.5. The molecule has 136 valence electrons. The Bertz CT molecular complexity index is 696. The van der Waals surface area contributed by atoms with Gasteiger partial charge in [-0.2, -0.15) is 5.10 Å². The topological polar surface area (TPSA) is 48.3 Å². The SMILES string of the molecule is CCCOc1ccc(CN[C@@H]2CCCc3c2cnn3CC)cc1OC. The maximum Gasteiger partial charge on any atom is 0.161 e. The summed E-state index contributed by atoms with van der Waals surface area (Å²) in [5, 5.41) is 8.22. The summed E-state index contributed by atoms with van der Waals surface area (Å²) >= 11 is 0. The molecule has 1 heterocycles. The van der Waals surface area contributed by atoms with Gasteiger partial charge >= 0.3 is 0 Å². The molecule has 0 amide bonds. The highest BCUT2D eigenvalue weighted by Crippen LogP contribution is 2.31. The van der Waals surface area contributed by atoms with Crippen LogP contribution >= 0.6 is 0 Å². The van der Waals surface area contributed by atoms with Crippen LogP contribution in [0.5, 0.6) is 11.5 Å². The molecule has 0 unspecified atom stereocenters. The molecule has 3 rings (SSSR count). The number of aromatic nitrogens is 2. The van der Waals surface area contributed by atoms with Gasteiger partial charge in [0, 0.05) is 30.4 Å². The molecule has 0 aliphatic heterocycles. The summed E-state index contributed by atoms with van der Waals surface area (Å²) in [5.74, 6) is 1.62. The Morgan fingerprint density at radius 2 is 2.16 bits per heavy atom. The zero-order chi connectivity index (χ0) is 17.6. The largest absolute Gasteiger partial charge is 0.493 e. The first-order valence-corrected chi connectivity index (χ1v) is 9.34. The monoisotopic (exact) mass is 343 g/mol. The lowest BCUT2D eigenvalue weighted by atomic mass is 9.93. The maximum absolute atomic E-state index is 5.73. The van der Waals surface area contributed by atoms with Crippen molar-refractivity contribution >= 4 is 0 Å². The van der Waals surface area contributed by atoms with Crippen molar-refractivity contribution in [2.45, 2.75) is 58.7 Å². The fourth-order valence-electron chi connectivity index (χ4n) is 3.50. The number of nitrogens with one attached hydrogen (secondary N) is 1. The summed E-state index contributed by atoms with van der Waals surface area (Å²) in [6, 6.07) is 6.56. The van der Waals surface area contributed by atoms with E-state index < -0.39 is 0 Å². The highest BCUT2D eigenvalue weighted by molar-refractivity contribution is 5.43. The van der Waals surface area contributed by atoms with Gasteiger partial charge in [-0.15, -0.1) is 0 Å². The summed E-state index contributed by atoms with van der Waals surface area (Å²) in [5.41, 5.74) is 3.96. The lowest BCUT2D eigenvalue weighted by Crippen LogP contribution is -2.25. The van der Waals surface area contributed by atoms with Crippen LogP contribution in [0.1, 0.15) is 56.0 Å². The van der Waals surface area contributed by atoms with E-state index in [-0.39, 0.29) is 0 Å². The van der Waals surface area contributed by atoms with Gasteiger partial charge in [0.1, 0.15) is 0 Å². The number of nitrogens with zero attached hydrogens (tertiary/aromatic N) is 2. The second-order valence-corrected chi connectivity index (χ2v) is 6.52. The predicted octanol–water partition coefficient (Wildman–Crippen LogP) is 3.87. The van der Waals surface area contributed by atoms with Crippen LogP contribution in [0, 0.1) is 0 Å². The van der Waals surface area contributed by atoms with Gasteiger partial charge in [-0.05, 0) is 50.3 Å². The molecule has 1 aromatic carbocycles. The Balaban J connectivity index is 1.67. The molecule has 1 N–H and O–H groups in total. The Morgan fingerprint density at radius 3 is 2.92 bits per heavy atom. The van der Waals surface area contributed by atoms with Crippen molar-refractivity contribution in [2.24, 2.45) is 0 Å². The first-order chi connectivity index (χ1) is 12.3. The van der Waals surface area contributed by atoms with Crippen LogP contribution in [-0.2, 0) is 19.5 Å². The van der Waals surface area contributed by atoms with Crippen LogP contribution in [0.3, 0.4) is 0 Å². The van der Waals surface area contributed by atoms with E-state index in [2.05, 4.69) is 41.1 Å². The number of methoxy groups -OCH3 is 1. The highest BCUT2D eigenvalue weighted by atomic mass is 16.5. The molecule has 1 atom stereocenters. The van der Waals surface area contributed by atoms with Crippen molar-refractivity contribution in [3.05, 3.63) is 41.2 Å². The van der Waals surface area contributed by atoms with Gasteiger partial charge in [0.25, 0.3) is 0 Å². The molecule has 2 aromatic rings. The van der Waals surface area contributed by atoms with E-state index in [0.717, 1.165) is 43.9 Å². The third kappa shape index (κ3) is 3.98. The number of rotatable bonds is 8. The van der Waals surface area contributed by atoms with Crippen LogP contribution < -0.4 is 14.8 Å². The third-order valence-corrected chi connectivity index (χ3v) is 4.80. The lowest BCUT2D eigenvalue weighted by molar-refractivity contribution is 0.294. The summed E-state index contributed by atoms with van der Waals surface area (Å²) in [7, 11) is 1.69. The molecule has 0 fully saturated rings. The average Bonchev–Trinajstić information content (AvgIpc) is 3.08. The Kier molecular flexibility index (Phi) is 5.97. The second kappa shape index (κ2) is 8.39. The Labute approximate surface area is 150 Å². The molecule has 1 aromatic heterocycles. The standard InChI is InChI=1S/C20H29N3O2/c1-4-11-25-19-10-9-15(12-20(19)24-3)13-21-17-7-6-8-18-16(17)14-22-23(18)5-2/h9-10,12,14,17,21H,4-8,11,13H2,1-3H3/t17-/m1/s1. The van der Waals surface area contributed by atoms with Gasteiger partial charge in [0.15, 0.2) is 11.5 Å². The molecule has 0 bridgehead atoms. The van der Waals surface area contributed by atoms with Crippen molar-refractivity contribution in [3.8, 4) is 11.5 Å². The number of hydrogen-bond acceptors (Lipinski definition) is 4. The maximum atomic E-state index is 5.73.